The van der Waals surface area contributed by atoms with Crippen LogP contribution in [0.5, 0.6) is 0 Å². The third-order valence-corrected chi connectivity index (χ3v) is 3.14. The Morgan fingerprint density at radius 1 is 1.50 bits per heavy atom. The largest absolute Gasteiger partial charge is 0.417 e. The Balaban J connectivity index is 2.20. The van der Waals surface area contributed by atoms with Gasteiger partial charge in [0.1, 0.15) is 17.2 Å². The fraction of sp³-hybridized carbons (Fsp3) is 0.273. The quantitative estimate of drug-likeness (QED) is 0.879. The van der Waals surface area contributed by atoms with Crippen LogP contribution in [0, 0.1) is 0 Å². The molecule has 0 saturated carbocycles. The van der Waals surface area contributed by atoms with Gasteiger partial charge in [0.15, 0.2) is 0 Å². The summed E-state index contributed by atoms with van der Waals surface area (Å²) in [5, 5.41) is 0.686. The summed E-state index contributed by atoms with van der Waals surface area (Å²) in [5.74, 6) is 0.143. The minimum atomic E-state index is -0.476. The normalized spacial score (nSPS) is 10.6. The molecule has 1 N–H and O–H groups in total. The number of H-pyrrole nitrogens is 1. The topological polar surface area (TPSA) is 62.1 Å². The van der Waals surface area contributed by atoms with E-state index in [9.17, 15) is 4.79 Å². The predicted molar refractivity (Wildman–Crippen MR) is 70.3 cm³/mol. The number of oxazole rings is 1. The average Bonchev–Trinajstić information content (AvgIpc) is 2.77. The molecule has 0 spiro atoms. The van der Waals surface area contributed by atoms with Crippen molar-refractivity contribution in [2.75, 3.05) is 11.4 Å². The van der Waals surface area contributed by atoms with E-state index in [4.69, 9.17) is 27.6 Å². The van der Waals surface area contributed by atoms with Crippen LogP contribution in [0.25, 0.3) is 0 Å². The smallest absolute Gasteiger partial charge is 0.414 e. The Hall–Kier alpha value is -1.46. The van der Waals surface area contributed by atoms with Crippen molar-refractivity contribution < 1.29 is 4.42 Å². The van der Waals surface area contributed by atoms with Gasteiger partial charge in [0.2, 0.25) is 0 Å². The Bertz CT molecular complexity index is 594. The number of anilines is 1. The monoisotopic (exact) mass is 287 g/mol. The van der Waals surface area contributed by atoms with Crippen molar-refractivity contribution in [3.63, 3.8) is 0 Å². The maximum absolute atomic E-state index is 11.0. The first kappa shape index (κ1) is 13.0. The molecule has 2 rings (SSSR count). The molecule has 0 bridgehead atoms. The van der Waals surface area contributed by atoms with Gasteiger partial charge < -0.3 is 9.32 Å². The highest BCUT2D eigenvalue weighted by Crippen LogP contribution is 2.21. The molecule has 0 aliphatic carbocycles. The number of pyridine rings is 1. The molecule has 5 nitrogen and oxygen atoms in total. The molecule has 0 fully saturated rings. The molecule has 0 radical (unpaired) electrons. The lowest BCUT2D eigenvalue weighted by Gasteiger charge is -2.20. The molecule has 0 unspecified atom stereocenters. The zero-order valence-electron chi connectivity index (χ0n) is 9.61. The molecule has 96 valence electrons. The molecular formula is C11H11Cl2N3O2. The minimum Gasteiger partial charge on any atom is -0.414 e. The van der Waals surface area contributed by atoms with Crippen LogP contribution in [0.4, 0.5) is 5.82 Å². The van der Waals surface area contributed by atoms with Gasteiger partial charge in [0.25, 0.3) is 0 Å². The van der Waals surface area contributed by atoms with Gasteiger partial charge in [-0.2, -0.15) is 0 Å². The van der Waals surface area contributed by atoms with E-state index in [1.54, 1.807) is 12.3 Å². The lowest BCUT2D eigenvalue weighted by atomic mass is 10.2. The van der Waals surface area contributed by atoms with Crippen molar-refractivity contribution in [3.8, 4) is 0 Å². The maximum atomic E-state index is 11.0. The van der Waals surface area contributed by atoms with E-state index < -0.39 is 5.76 Å². The molecular weight excluding hydrogens is 277 g/mol. The summed E-state index contributed by atoms with van der Waals surface area (Å²) in [6, 6.07) is 1.75. The molecule has 7 heteroatoms. The Morgan fingerprint density at radius 2 is 2.28 bits per heavy atom. The molecule has 0 amide bonds. The number of halogens is 2. The third-order valence-electron chi connectivity index (χ3n) is 2.46. The second-order valence-corrected chi connectivity index (χ2v) is 4.43. The van der Waals surface area contributed by atoms with Crippen LogP contribution in [-0.4, -0.2) is 16.5 Å². The summed E-state index contributed by atoms with van der Waals surface area (Å²) in [4.78, 5) is 19.5. The van der Waals surface area contributed by atoms with E-state index in [1.165, 1.54) is 6.26 Å². The average molecular weight is 288 g/mol. The standard InChI is InChI=1S/C11H11Cl2N3O2/c1-2-16(9-6-18-11(17)15-9)5-7-3-8(12)10(13)14-4-7/h3-4,6H,2,5H2,1H3,(H,15,17). The van der Waals surface area contributed by atoms with Crippen molar-refractivity contribution in [1.29, 1.82) is 0 Å². The minimum absolute atomic E-state index is 0.278. The van der Waals surface area contributed by atoms with Crippen LogP contribution in [0.1, 0.15) is 12.5 Å². The molecule has 2 aromatic rings. The number of rotatable bonds is 4. The molecule has 2 heterocycles. The van der Waals surface area contributed by atoms with Gasteiger partial charge >= 0.3 is 5.76 Å². The highest BCUT2D eigenvalue weighted by Gasteiger charge is 2.10. The lowest BCUT2D eigenvalue weighted by Crippen LogP contribution is -2.23. The van der Waals surface area contributed by atoms with Crippen LogP contribution in [0.15, 0.2) is 27.7 Å². The van der Waals surface area contributed by atoms with Crippen LogP contribution < -0.4 is 10.7 Å². The number of hydrogen-bond acceptors (Lipinski definition) is 4. The van der Waals surface area contributed by atoms with E-state index in [1.807, 2.05) is 11.8 Å². The van der Waals surface area contributed by atoms with Crippen LogP contribution in [0.2, 0.25) is 10.2 Å². The van der Waals surface area contributed by atoms with Gasteiger partial charge in [-0.3, -0.25) is 4.98 Å². The zero-order chi connectivity index (χ0) is 13.1. The van der Waals surface area contributed by atoms with Gasteiger partial charge in [-0.1, -0.05) is 23.2 Å². The summed E-state index contributed by atoms with van der Waals surface area (Å²) in [7, 11) is 0. The van der Waals surface area contributed by atoms with E-state index in [0.717, 1.165) is 5.56 Å². The fourth-order valence-electron chi connectivity index (χ4n) is 1.56. The van der Waals surface area contributed by atoms with Gasteiger partial charge in [-0.25, -0.2) is 9.78 Å². The first-order valence-corrected chi connectivity index (χ1v) is 6.08. The van der Waals surface area contributed by atoms with Crippen molar-refractivity contribution in [1.82, 2.24) is 9.97 Å². The fourth-order valence-corrected chi connectivity index (χ4v) is 1.85. The molecule has 0 atom stereocenters. The van der Waals surface area contributed by atoms with Crippen LogP contribution in [0.3, 0.4) is 0 Å². The van der Waals surface area contributed by atoms with Crippen molar-refractivity contribution in [2.45, 2.75) is 13.5 Å². The van der Waals surface area contributed by atoms with E-state index >= 15 is 0 Å². The molecule has 0 saturated heterocycles. The number of aromatic amines is 1. The van der Waals surface area contributed by atoms with E-state index in [-0.39, 0.29) is 5.15 Å². The lowest BCUT2D eigenvalue weighted by molar-refractivity contribution is 0.515. The summed E-state index contributed by atoms with van der Waals surface area (Å²) < 4.78 is 4.71. The van der Waals surface area contributed by atoms with E-state index in [2.05, 4.69) is 9.97 Å². The molecule has 0 aromatic carbocycles. The molecule has 0 aliphatic heterocycles. The van der Waals surface area contributed by atoms with Crippen molar-refractivity contribution in [3.05, 3.63) is 44.8 Å². The Labute approximate surface area is 113 Å². The summed E-state index contributed by atoms with van der Waals surface area (Å²) in [6.45, 7) is 3.22. The van der Waals surface area contributed by atoms with Crippen molar-refractivity contribution >= 4 is 29.0 Å². The summed E-state index contributed by atoms with van der Waals surface area (Å²) in [6.07, 6.45) is 3.03. The highest BCUT2D eigenvalue weighted by atomic mass is 35.5. The predicted octanol–water partition coefficient (Wildman–Crippen LogP) is 2.70. The SMILES string of the molecule is CCN(Cc1cnc(Cl)c(Cl)c1)c1coc(=O)[nH]1. The Kier molecular flexibility index (Phi) is 3.93. The van der Waals surface area contributed by atoms with Gasteiger partial charge in [-0.05, 0) is 18.6 Å². The van der Waals surface area contributed by atoms with Crippen LogP contribution >= 0.6 is 23.2 Å². The molecule has 2 aromatic heterocycles. The van der Waals surface area contributed by atoms with E-state index in [0.29, 0.717) is 23.9 Å². The first-order chi connectivity index (χ1) is 8.60. The maximum Gasteiger partial charge on any atom is 0.417 e. The first-order valence-electron chi connectivity index (χ1n) is 5.33. The number of nitrogens with zero attached hydrogens (tertiary/aromatic N) is 2. The third kappa shape index (κ3) is 2.86. The van der Waals surface area contributed by atoms with Crippen LogP contribution in [-0.2, 0) is 6.54 Å². The van der Waals surface area contributed by atoms with Crippen molar-refractivity contribution in [2.24, 2.45) is 0 Å². The van der Waals surface area contributed by atoms with Gasteiger partial charge in [-0.15, -0.1) is 0 Å². The number of aromatic nitrogens is 2. The number of nitrogens with one attached hydrogen (secondary N) is 1. The van der Waals surface area contributed by atoms with Gasteiger partial charge in [0, 0.05) is 19.3 Å². The molecule has 0 aliphatic rings. The Morgan fingerprint density at radius 3 is 2.83 bits per heavy atom. The summed E-state index contributed by atoms with van der Waals surface area (Å²) in [5.41, 5.74) is 0.897. The number of hydrogen-bond donors (Lipinski definition) is 1. The highest BCUT2D eigenvalue weighted by molar-refractivity contribution is 6.41. The molecule has 18 heavy (non-hydrogen) atoms. The summed E-state index contributed by atoms with van der Waals surface area (Å²) >= 11 is 11.7. The zero-order valence-corrected chi connectivity index (χ0v) is 11.1. The second-order valence-electron chi connectivity index (χ2n) is 3.66. The van der Waals surface area contributed by atoms with Gasteiger partial charge in [0.05, 0.1) is 5.02 Å². The second kappa shape index (κ2) is 5.46.